The number of phenols is 1. The molecule has 2 heterocycles. The van der Waals surface area contributed by atoms with Crippen molar-refractivity contribution in [3.63, 3.8) is 0 Å². The largest absolute Gasteiger partial charge is 0.508 e. The predicted octanol–water partition coefficient (Wildman–Crippen LogP) is 2.65. The number of phenolic OH excluding ortho intramolecular Hbond substituents is 1. The molecule has 0 aliphatic heterocycles. The van der Waals surface area contributed by atoms with Crippen LogP contribution in [0.5, 0.6) is 5.75 Å². The highest BCUT2D eigenvalue weighted by molar-refractivity contribution is 5.99. The van der Waals surface area contributed by atoms with Crippen LogP contribution in [-0.4, -0.2) is 40.3 Å². The lowest BCUT2D eigenvalue weighted by atomic mass is 9.97. The summed E-state index contributed by atoms with van der Waals surface area (Å²) in [5.74, 6) is 1.26. The van der Waals surface area contributed by atoms with Crippen LogP contribution in [0.25, 0.3) is 22.2 Å². The molecule has 7 heteroatoms. The molecule has 0 saturated carbocycles. The first-order valence-corrected chi connectivity index (χ1v) is 7.96. The maximum absolute atomic E-state index is 10.1. The maximum atomic E-state index is 10.1. The first-order chi connectivity index (χ1) is 12.0. The molecule has 0 fully saturated rings. The third-order valence-corrected chi connectivity index (χ3v) is 4.15. The average molecular weight is 339 g/mol. The summed E-state index contributed by atoms with van der Waals surface area (Å²) in [5, 5.41) is 14.1. The van der Waals surface area contributed by atoms with Crippen molar-refractivity contribution < 1.29 is 9.84 Å². The van der Waals surface area contributed by atoms with Gasteiger partial charge in [0.15, 0.2) is 0 Å². The molecule has 3 rings (SSSR count). The lowest BCUT2D eigenvalue weighted by Crippen LogP contribution is -2.10. The number of aromatic nitrogens is 3. The quantitative estimate of drug-likeness (QED) is 0.614. The summed E-state index contributed by atoms with van der Waals surface area (Å²) in [6.07, 6.45) is 1.42. The monoisotopic (exact) mass is 339 g/mol. The van der Waals surface area contributed by atoms with Crippen LogP contribution in [-0.2, 0) is 4.74 Å². The Morgan fingerprint density at radius 3 is 2.80 bits per heavy atom. The van der Waals surface area contributed by atoms with Crippen LogP contribution in [0, 0.1) is 13.8 Å². The number of pyridine rings is 1. The van der Waals surface area contributed by atoms with Crippen molar-refractivity contribution in [3.8, 4) is 17.0 Å². The fourth-order valence-corrected chi connectivity index (χ4v) is 2.83. The lowest BCUT2D eigenvalue weighted by molar-refractivity contribution is 0.210. The van der Waals surface area contributed by atoms with Crippen LogP contribution in [0.4, 0.5) is 11.6 Å². The predicted molar refractivity (Wildman–Crippen MR) is 98.7 cm³/mol. The summed E-state index contributed by atoms with van der Waals surface area (Å²) in [6.45, 7) is 5.01. The molecule has 1 aromatic carbocycles. The van der Waals surface area contributed by atoms with Crippen molar-refractivity contribution in [1.82, 2.24) is 15.0 Å². The van der Waals surface area contributed by atoms with Crippen LogP contribution >= 0.6 is 0 Å². The fourth-order valence-electron chi connectivity index (χ4n) is 2.83. The number of benzene rings is 1. The van der Waals surface area contributed by atoms with Gasteiger partial charge in [0.2, 0.25) is 0 Å². The van der Waals surface area contributed by atoms with Gasteiger partial charge in [-0.05, 0) is 31.5 Å². The molecule has 2 aromatic heterocycles. The molecule has 0 unspecified atom stereocenters. The Hall–Kier alpha value is -2.93. The molecular weight excluding hydrogens is 318 g/mol. The van der Waals surface area contributed by atoms with Gasteiger partial charge in [-0.2, -0.15) is 0 Å². The molecule has 0 radical (unpaired) electrons. The van der Waals surface area contributed by atoms with Gasteiger partial charge in [0.25, 0.3) is 0 Å². The molecule has 7 nitrogen and oxygen atoms in total. The van der Waals surface area contributed by atoms with Gasteiger partial charge in [0.05, 0.1) is 12.3 Å². The summed E-state index contributed by atoms with van der Waals surface area (Å²) in [5.41, 5.74) is 9.96. The number of aryl methyl sites for hydroxylation is 1. The van der Waals surface area contributed by atoms with Gasteiger partial charge >= 0.3 is 0 Å². The molecule has 4 N–H and O–H groups in total. The van der Waals surface area contributed by atoms with Gasteiger partial charge in [-0.1, -0.05) is 6.07 Å². The van der Waals surface area contributed by atoms with Crippen molar-refractivity contribution in [3.05, 3.63) is 35.7 Å². The van der Waals surface area contributed by atoms with Crippen LogP contribution < -0.4 is 11.1 Å². The number of nitrogen functional groups attached to an aromatic ring is 1. The number of hydrogen-bond acceptors (Lipinski definition) is 7. The highest BCUT2D eigenvalue weighted by Gasteiger charge is 2.17. The second kappa shape index (κ2) is 6.90. The SMILES string of the molecule is COCCNc1cc2c(N)ncnc2c(-c2c(C)ccc(O)c2C)n1. The van der Waals surface area contributed by atoms with E-state index in [1.54, 1.807) is 13.2 Å². The minimum absolute atomic E-state index is 0.218. The van der Waals surface area contributed by atoms with E-state index in [4.69, 9.17) is 15.5 Å². The number of ether oxygens (including phenoxy) is 1. The summed E-state index contributed by atoms with van der Waals surface area (Å²) >= 11 is 0. The normalized spacial score (nSPS) is 11.0. The van der Waals surface area contributed by atoms with Crippen LogP contribution in [0.15, 0.2) is 24.5 Å². The second-order valence-electron chi connectivity index (χ2n) is 5.83. The van der Waals surface area contributed by atoms with E-state index in [0.29, 0.717) is 36.0 Å². The Bertz CT molecular complexity index is 927. The summed E-state index contributed by atoms with van der Waals surface area (Å²) in [4.78, 5) is 13.2. The van der Waals surface area contributed by atoms with Crippen molar-refractivity contribution >= 4 is 22.5 Å². The molecular formula is C18H21N5O2. The number of fused-ring (bicyclic) bond motifs is 1. The van der Waals surface area contributed by atoms with E-state index in [1.807, 2.05) is 26.0 Å². The minimum atomic E-state index is 0.218. The molecule has 0 spiro atoms. The number of methoxy groups -OCH3 is 1. The highest BCUT2D eigenvalue weighted by Crippen LogP contribution is 2.36. The van der Waals surface area contributed by atoms with E-state index < -0.39 is 0 Å². The van der Waals surface area contributed by atoms with E-state index in [2.05, 4.69) is 15.3 Å². The third-order valence-electron chi connectivity index (χ3n) is 4.15. The Kier molecular flexibility index (Phi) is 4.67. The molecule has 3 aromatic rings. The first-order valence-electron chi connectivity index (χ1n) is 7.96. The van der Waals surface area contributed by atoms with Gasteiger partial charge in [-0.3, -0.25) is 0 Å². The van der Waals surface area contributed by atoms with Crippen molar-refractivity contribution in [2.45, 2.75) is 13.8 Å². The maximum Gasteiger partial charge on any atom is 0.134 e. The zero-order valence-electron chi connectivity index (χ0n) is 14.5. The van der Waals surface area contributed by atoms with Crippen LogP contribution in [0.3, 0.4) is 0 Å². The Morgan fingerprint density at radius 1 is 1.24 bits per heavy atom. The second-order valence-corrected chi connectivity index (χ2v) is 5.83. The number of nitrogens with two attached hydrogens (primary N) is 1. The van der Waals surface area contributed by atoms with Gasteiger partial charge < -0.3 is 20.9 Å². The van der Waals surface area contributed by atoms with E-state index in [0.717, 1.165) is 22.1 Å². The van der Waals surface area contributed by atoms with Gasteiger partial charge in [0.1, 0.15) is 29.2 Å². The van der Waals surface area contributed by atoms with E-state index in [1.165, 1.54) is 6.33 Å². The molecule has 0 aliphatic carbocycles. The average Bonchev–Trinajstić information content (AvgIpc) is 2.60. The molecule has 0 amide bonds. The minimum Gasteiger partial charge on any atom is -0.508 e. The number of rotatable bonds is 5. The number of aromatic hydroxyl groups is 1. The van der Waals surface area contributed by atoms with Crippen molar-refractivity contribution in [2.75, 3.05) is 31.3 Å². The summed E-state index contributed by atoms with van der Waals surface area (Å²) in [6, 6.07) is 5.37. The Balaban J connectivity index is 2.26. The van der Waals surface area contributed by atoms with Gasteiger partial charge in [-0.15, -0.1) is 0 Å². The summed E-state index contributed by atoms with van der Waals surface area (Å²) < 4.78 is 5.07. The molecule has 130 valence electrons. The molecule has 25 heavy (non-hydrogen) atoms. The van der Waals surface area contributed by atoms with Gasteiger partial charge in [0, 0.05) is 30.2 Å². The van der Waals surface area contributed by atoms with E-state index >= 15 is 0 Å². The number of anilines is 2. The topological polar surface area (TPSA) is 106 Å². The van der Waals surface area contributed by atoms with Crippen molar-refractivity contribution in [1.29, 1.82) is 0 Å². The standard InChI is InChI=1S/C18H21N5O2/c1-10-4-5-13(24)11(2)15(10)17-16-12(18(19)22-9-21-16)8-14(23-17)20-6-7-25-3/h4-5,8-9,24H,6-7H2,1-3H3,(H,20,23)(H2,19,21,22). The van der Waals surface area contributed by atoms with Crippen molar-refractivity contribution in [2.24, 2.45) is 0 Å². The number of nitrogens with zero attached hydrogens (tertiary/aromatic N) is 3. The number of nitrogens with one attached hydrogen (secondary N) is 1. The van der Waals surface area contributed by atoms with Crippen LogP contribution in [0.2, 0.25) is 0 Å². The molecule has 0 bridgehead atoms. The van der Waals surface area contributed by atoms with Gasteiger partial charge in [-0.25, -0.2) is 15.0 Å². The molecule has 0 saturated heterocycles. The smallest absolute Gasteiger partial charge is 0.134 e. The Morgan fingerprint density at radius 2 is 2.04 bits per heavy atom. The number of hydrogen-bond donors (Lipinski definition) is 3. The fraction of sp³-hybridized carbons (Fsp3) is 0.278. The zero-order valence-corrected chi connectivity index (χ0v) is 14.5. The van der Waals surface area contributed by atoms with Crippen LogP contribution in [0.1, 0.15) is 11.1 Å². The lowest BCUT2D eigenvalue weighted by Gasteiger charge is -2.15. The Labute approximate surface area is 145 Å². The molecule has 0 atom stereocenters. The van der Waals surface area contributed by atoms with E-state index in [-0.39, 0.29) is 5.75 Å². The third kappa shape index (κ3) is 3.18. The zero-order chi connectivity index (χ0) is 18.0. The van der Waals surface area contributed by atoms with E-state index in [9.17, 15) is 5.11 Å². The first kappa shape index (κ1) is 16.9. The molecule has 0 aliphatic rings. The highest BCUT2D eigenvalue weighted by atomic mass is 16.5. The summed E-state index contributed by atoms with van der Waals surface area (Å²) in [7, 11) is 1.65.